The van der Waals surface area contributed by atoms with Gasteiger partial charge in [-0.2, -0.15) is 0 Å². The number of rotatable bonds is 3. The molecular weight excluding hydrogens is 319 g/mol. The maximum Gasteiger partial charge on any atom is 0.181 e. The molecule has 5 heteroatoms. The van der Waals surface area contributed by atoms with Crippen molar-refractivity contribution < 1.29 is 13.2 Å². The second-order valence-electron chi connectivity index (χ2n) is 4.13. The number of hydrogen-bond donors (Lipinski definition) is 1. The molecule has 2 aromatic rings. The Morgan fingerprint density at radius 1 is 1.11 bits per heavy atom. The Hall–Kier alpha value is -1.49. The Balaban J connectivity index is 2.25. The maximum absolute atomic E-state index is 13.5. The van der Waals surface area contributed by atoms with Gasteiger partial charge < -0.3 is 5.32 Å². The van der Waals surface area contributed by atoms with Crippen LogP contribution in [0.2, 0.25) is 0 Å². The summed E-state index contributed by atoms with van der Waals surface area (Å²) < 4.78 is 40.2. The summed E-state index contributed by atoms with van der Waals surface area (Å²) in [5.74, 6) is -2.19. The van der Waals surface area contributed by atoms with E-state index in [1.807, 2.05) is 0 Å². The third-order valence-electron chi connectivity index (χ3n) is 2.75. The molecule has 100 valence electrons. The molecule has 0 radical (unpaired) electrons. The topological polar surface area (TPSA) is 12.0 Å². The highest BCUT2D eigenvalue weighted by molar-refractivity contribution is 9.10. The van der Waals surface area contributed by atoms with Crippen LogP contribution in [0.15, 0.2) is 40.9 Å². The third-order valence-corrected chi connectivity index (χ3v) is 3.44. The average molecular weight is 330 g/mol. The van der Waals surface area contributed by atoms with Crippen LogP contribution in [0.4, 0.5) is 18.9 Å². The summed E-state index contributed by atoms with van der Waals surface area (Å²) in [6.45, 7) is 1.78. The zero-order chi connectivity index (χ0) is 14.0. The van der Waals surface area contributed by atoms with Crippen LogP contribution in [0.25, 0.3) is 0 Å². The fraction of sp³-hybridized carbons (Fsp3) is 0.143. The van der Waals surface area contributed by atoms with Crippen LogP contribution >= 0.6 is 15.9 Å². The quantitative estimate of drug-likeness (QED) is 0.831. The van der Waals surface area contributed by atoms with Gasteiger partial charge in [0, 0.05) is 10.5 Å². The van der Waals surface area contributed by atoms with Crippen LogP contribution in [0, 0.1) is 17.5 Å². The zero-order valence-corrected chi connectivity index (χ0v) is 11.6. The number of anilines is 1. The van der Waals surface area contributed by atoms with Crippen LogP contribution in [-0.4, -0.2) is 0 Å². The Bertz CT molecular complexity index is 601. The highest BCUT2D eigenvalue weighted by atomic mass is 79.9. The van der Waals surface area contributed by atoms with Crippen molar-refractivity contribution >= 4 is 21.6 Å². The van der Waals surface area contributed by atoms with Crippen molar-refractivity contribution in [1.29, 1.82) is 0 Å². The Morgan fingerprint density at radius 2 is 1.84 bits per heavy atom. The van der Waals surface area contributed by atoms with E-state index in [4.69, 9.17) is 0 Å². The first-order valence-corrected chi connectivity index (χ1v) is 6.44. The third kappa shape index (κ3) is 3.10. The van der Waals surface area contributed by atoms with E-state index in [9.17, 15) is 13.2 Å². The van der Waals surface area contributed by atoms with Gasteiger partial charge in [-0.15, -0.1) is 0 Å². The summed E-state index contributed by atoms with van der Waals surface area (Å²) in [5.41, 5.74) is 0.828. The minimum atomic E-state index is -0.924. The van der Waals surface area contributed by atoms with Crippen molar-refractivity contribution in [2.75, 3.05) is 5.32 Å². The number of benzene rings is 2. The summed E-state index contributed by atoms with van der Waals surface area (Å²) in [7, 11) is 0. The summed E-state index contributed by atoms with van der Waals surface area (Å²) in [6.07, 6.45) is 0. The van der Waals surface area contributed by atoms with Gasteiger partial charge in [-0.05, 0) is 36.8 Å². The average Bonchev–Trinajstić information content (AvgIpc) is 2.34. The molecule has 0 saturated heterocycles. The SMILES string of the molecule is CC(Nc1cccc(F)c1F)c1ccc(F)cc1Br. The lowest BCUT2D eigenvalue weighted by atomic mass is 10.1. The second-order valence-corrected chi connectivity index (χ2v) is 4.99. The molecular formula is C14H11BrF3N. The maximum atomic E-state index is 13.5. The number of nitrogens with one attached hydrogen (secondary N) is 1. The predicted octanol–water partition coefficient (Wildman–Crippen LogP) is 5.04. The lowest BCUT2D eigenvalue weighted by molar-refractivity contribution is 0.510. The van der Waals surface area contributed by atoms with Gasteiger partial charge in [0.25, 0.3) is 0 Å². The van der Waals surface area contributed by atoms with E-state index in [0.29, 0.717) is 4.47 Å². The summed E-state index contributed by atoms with van der Waals surface area (Å²) in [4.78, 5) is 0. The summed E-state index contributed by atoms with van der Waals surface area (Å²) in [6, 6.07) is 7.87. The van der Waals surface area contributed by atoms with E-state index in [1.54, 1.807) is 13.0 Å². The molecule has 0 aromatic heterocycles. The van der Waals surface area contributed by atoms with Crippen molar-refractivity contribution in [3.8, 4) is 0 Å². The fourth-order valence-corrected chi connectivity index (χ4v) is 2.47. The molecule has 0 heterocycles. The summed E-state index contributed by atoms with van der Waals surface area (Å²) in [5, 5.41) is 2.86. The number of hydrogen-bond acceptors (Lipinski definition) is 1. The van der Waals surface area contributed by atoms with E-state index in [2.05, 4.69) is 21.2 Å². The fourth-order valence-electron chi connectivity index (χ4n) is 1.78. The number of halogens is 4. The van der Waals surface area contributed by atoms with Crippen molar-refractivity contribution in [2.24, 2.45) is 0 Å². The van der Waals surface area contributed by atoms with Gasteiger partial charge in [-0.1, -0.05) is 28.1 Å². The molecule has 0 aliphatic heterocycles. The Labute approximate surface area is 117 Å². The molecule has 0 aliphatic carbocycles. The van der Waals surface area contributed by atoms with Gasteiger partial charge in [-0.3, -0.25) is 0 Å². The largest absolute Gasteiger partial charge is 0.376 e. The highest BCUT2D eigenvalue weighted by Crippen LogP contribution is 2.28. The first kappa shape index (κ1) is 13.9. The van der Waals surface area contributed by atoms with Crippen LogP contribution in [0.1, 0.15) is 18.5 Å². The molecule has 0 aliphatic rings. The molecule has 1 N–H and O–H groups in total. The normalized spacial score (nSPS) is 12.3. The van der Waals surface area contributed by atoms with Gasteiger partial charge in [0.15, 0.2) is 11.6 Å². The van der Waals surface area contributed by atoms with E-state index in [0.717, 1.165) is 11.6 Å². The molecule has 0 saturated carbocycles. The lowest BCUT2D eigenvalue weighted by Crippen LogP contribution is -2.09. The van der Waals surface area contributed by atoms with Crippen LogP contribution < -0.4 is 5.32 Å². The smallest absolute Gasteiger partial charge is 0.181 e. The van der Waals surface area contributed by atoms with Crippen molar-refractivity contribution in [2.45, 2.75) is 13.0 Å². The van der Waals surface area contributed by atoms with E-state index < -0.39 is 11.6 Å². The van der Waals surface area contributed by atoms with Gasteiger partial charge in [0.05, 0.1) is 5.69 Å². The molecule has 2 rings (SSSR count). The molecule has 0 bridgehead atoms. The molecule has 0 spiro atoms. The van der Waals surface area contributed by atoms with Crippen LogP contribution in [0.5, 0.6) is 0 Å². The first-order valence-electron chi connectivity index (χ1n) is 5.64. The molecule has 1 nitrogen and oxygen atoms in total. The van der Waals surface area contributed by atoms with Crippen LogP contribution in [0.3, 0.4) is 0 Å². The Kier molecular flexibility index (Phi) is 4.14. The van der Waals surface area contributed by atoms with E-state index >= 15 is 0 Å². The zero-order valence-electron chi connectivity index (χ0n) is 10.1. The van der Waals surface area contributed by atoms with Crippen LogP contribution in [-0.2, 0) is 0 Å². The molecule has 1 unspecified atom stereocenters. The van der Waals surface area contributed by atoms with E-state index in [-0.39, 0.29) is 17.5 Å². The highest BCUT2D eigenvalue weighted by Gasteiger charge is 2.13. The van der Waals surface area contributed by atoms with Gasteiger partial charge in [0.1, 0.15) is 5.82 Å². The standard InChI is InChI=1S/C14H11BrF3N/c1-8(10-6-5-9(16)7-11(10)15)19-13-4-2-3-12(17)14(13)18/h2-8,19H,1H3. The predicted molar refractivity (Wildman–Crippen MR) is 72.5 cm³/mol. The van der Waals surface area contributed by atoms with Gasteiger partial charge in [-0.25, -0.2) is 13.2 Å². The first-order chi connectivity index (χ1) is 8.99. The summed E-state index contributed by atoms with van der Waals surface area (Å²) >= 11 is 3.25. The minimum absolute atomic E-state index is 0.0729. The molecule has 0 amide bonds. The monoisotopic (exact) mass is 329 g/mol. The van der Waals surface area contributed by atoms with Crippen molar-refractivity contribution in [1.82, 2.24) is 0 Å². The molecule has 2 aromatic carbocycles. The van der Waals surface area contributed by atoms with Crippen molar-refractivity contribution in [3.63, 3.8) is 0 Å². The molecule has 1 atom stereocenters. The lowest BCUT2D eigenvalue weighted by Gasteiger charge is -2.17. The van der Waals surface area contributed by atoms with Gasteiger partial charge >= 0.3 is 0 Å². The Morgan fingerprint density at radius 3 is 2.53 bits per heavy atom. The van der Waals surface area contributed by atoms with Crippen molar-refractivity contribution in [3.05, 3.63) is 63.9 Å². The second kappa shape index (κ2) is 5.65. The molecule has 0 fully saturated rings. The van der Waals surface area contributed by atoms with E-state index in [1.165, 1.54) is 24.3 Å². The van der Waals surface area contributed by atoms with Gasteiger partial charge in [0.2, 0.25) is 0 Å². The molecule has 19 heavy (non-hydrogen) atoms. The minimum Gasteiger partial charge on any atom is -0.376 e.